The summed E-state index contributed by atoms with van der Waals surface area (Å²) in [5.74, 6) is 0.975. The molecule has 0 amide bonds. The minimum Gasteiger partial charge on any atom is -0.494 e. The normalized spacial score (nSPS) is 11.3. The highest BCUT2D eigenvalue weighted by molar-refractivity contribution is 5.84. The van der Waals surface area contributed by atoms with Crippen LogP contribution in [0.25, 0.3) is 10.9 Å². The Morgan fingerprint density at radius 3 is 2.11 bits per heavy atom. The number of nitrogens with two attached hydrogens (primary N) is 1. The number of aromatic nitrogens is 1. The second-order valence-electron chi connectivity index (χ2n) is 7.80. The Hall–Kier alpha value is -1.48. The number of fused-ring (bicyclic) bond motifs is 1. The van der Waals surface area contributed by atoms with Gasteiger partial charge in [-0.05, 0) is 43.1 Å². The number of unbranched alkanes of at least 4 members (excludes halogenated alkanes) is 11. The van der Waals surface area contributed by atoms with E-state index in [1.807, 2.05) is 0 Å². The van der Waals surface area contributed by atoms with E-state index in [1.54, 1.807) is 0 Å². The number of benzene rings is 1. The predicted molar refractivity (Wildman–Crippen MR) is 118 cm³/mol. The molecule has 27 heavy (non-hydrogen) atoms. The molecule has 1 aromatic heterocycles. The summed E-state index contributed by atoms with van der Waals surface area (Å²) in [5.41, 5.74) is 8.14. The molecule has 2 rings (SSSR count). The van der Waals surface area contributed by atoms with Crippen LogP contribution in [0.2, 0.25) is 0 Å². The molecular formula is C24H40N2O. The Morgan fingerprint density at radius 1 is 0.852 bits per heavy atom. The fourth-order valence-corrected chi connectivity index (χ4v) is 3.74. The van der Waals surface area contributed by atoms with Crippen LogP contribution in [0.4, 0.5) is 0 Å². The van der Waals surface area contributed by atoms with Crippen molar-refractivity contribution in [3.8, 4) is 5.75 Å². The smallest absolute Gasteiger partial charge is 0.120 e. The molecule has 3 heteroatoms. The first-order chi connectivity index (χ1) is 13.3. The van der Waals surface area contributed by atoms with Crippen molar-refractivity contribution in [3.63, 3.8) is 0 Å². The highest BCUT2D eigenvalue weighted by atomic mass is 16.5. The molecule has 2 aromatic rings. The minimum atomic E-state index is 0.677. The fourth-order valence-electron chi connectivity index (χ4n) is 3.74. The van der Waals surface area contributed by atoms with E-state index in [0.29, 0.717) is 6.54 Å². The van der Waals surface area contributed by atoms with E-state index in [2.05, 4.69) is 36.3 Å². The first kappa shape index (κ1) is 21.8. The summed E-state index contributed by atoms with van der Waals surface area (Å²) in [6.07, 6.45) is 19.4. The number of ether oxygens (including phenoxy) is 1. The molecule has 0 radical (unpaired) electrons. The molecule has 1 aromatic carbocycles. The highest BCUT2D eigenvalue weighted by Gasteiger charge is 2.04. The van der Waals surface area contributed by atoms with Crippen LogP contribution in [-0.4, -0.2) is 18.1 Å². The van der Waals surface area contributed by atoms with Gasteiger partial charge in [-0.1, -0.05) is 77.6 Å². The van der Waals surface area contributed by atoms with Crippen molar-refractivity contribution in [2.45, 2.75) is 90.4 Å². The molecule has 0 aliphatic heterocycles. The van der Waals surface area contributed by atoms with Crippen LogP contribution < -0.4 is 10.5 Å². The second-order valence-corrected chi connectivity index (χ2v) is 7.80. The molecule has 0 fully saturated rings. The maximum Gasteiger partial charge on any atom is 0.120 e. The Balaban J connectivity index is 1.49. The Labute approximate surface area is 166 Å². The van der Waals surface area contributed by atoms with E-state index in [9.17, 15) is 0 Å². The van der Waals surface area contributed by atoms with E-state index in [4.69, 9.17) is 10.5 Å². The van der Waals surface area contributed by atoms with Gasteiger partial charge in [0.05, 0.1) is 6.61 Å². The lowest BCUT2D eigenvalue weighted by molar-refractivity contribution is 0.304. The van der Waals surface area contributed by atoms with Gasteiger partial charge in [0.25, 0.3) is 0 Å². The van der Waals surface area contributed by atoms with Crippen molar-refractivity contribution in [2.75, 3.05) is 13.2 Å². The van der Waals surface area contributed by atoms with Crippen molar-refractivity contribution in [3.05, 3.63) is 30.0 Å². The first-order valence-electron chi connectivity index (χ1n) is 11.3. The number of H-pyrrole nitrogens is 1. The van der Waals surface area contributed by atoms with Gasteiger partial charge in [0, 0.05) is 17.1 Å². The van der Waals surface area contributed by atoms with Crippen LogP contribution in [-0.2, 0) is 6.42 Å². The molecule has 0 aliphatic rings. The van der Waals surface area contributed by atoms with E-state index in [-0.39, 0.29) is 0 Å². The molecule has 0 spiro atoms. The summed E-state index contributed by atoms with van der Waals surface area (Å²) in [4.78, 5) is 3.31. The van der Waals surface area contributed by atoms with Gasteiger partial charge in [-0.15, -0.1) is 0 Å². The van der Waals surface area contributed by atoms with Crippen molar-refractivity contribution in [1.82, 2.24) is 4.98 Å². The number of nitrogens with one attached hydrogen (secondary N) is 1. The number of hydrogen-bond donors (Lipinski definition) is 2. The van der Waals surface area contributed by atoms with Gasteiger partial charge < -0.3 is 15.5 Å². The van der Waals surface area contributed by atoms with Crippen molar-refractivity contribution in [1.29, 1.82) is 0 Å². The largest absolute Gasteiger partial charge is 0.494 e. The van der Waals surface area contributed by atoms with E-state index >= 15 is 0 Å². The molecule has 152 valence electrons. The average molecular weight is 373 g/mol. The van der Waals surface area contributed by atoms with Crippen LogP contribution in [0.1, 0.15) is 89.5 Å². The molecule has 0 saturated carbocycles. The third-order valence-corrected chi connectivity index (χ3v) is 5.42. The number of hydrogen-bond acceptors (Lipinski definition) is 2. The van der Waals surface area contributed by atoms with Gasteiger partial charge >= 0.3 is 0 Å². The zero-order valence-corrected chi connectivity index (χ0v) is 17.4. The maximum atomic E-state index is 5.96. The van der Waals surface area contributed by atoms with E-state index in [1.165, 1.54) is 81.6 Å². The summed E-state index contributed by atoms with van der Waals surface area (Å²) in [6.45, 7) is 3.78. The molecule has 0 bridgehead atoms. The van der Waals surface area contributed by atoms with Gasteiger partial charge in [-0.25, -0.2) is 0 Å². The van der Waals surface area contributed by atoms with Gasteiger partial charge in [-0.2, -0.15) is 0 Å². The number of aromatic amines is 1. The van der Waals surface area contributed by atoms with Crippen LogP contribution in [0.3, 0.4) is 0 Å². The van der Waals surface area contributed by atoms with Crippen LogP contribution in [0.15, 0.2) is 24.4 Å². The predicted octanol–water partition coefficient (Wildman–Crippen LogP) is 6.75. The molecule has 0 unspecified atom stereocenters. The maximum absolute atomic E-state index is 5.96. The zero-order valence-electron chi connectivity index (χ0n) is 17.4. The summed E-state index contributed by atoms with van der Waals surface area (Å²) < 4.78 is 5.96. The topological polar surface area (TPSA) is 51.0 Å². The molecular weight excluding hydrogens is 332 g/mol. The van der Waals surface area contributed by atoms with Crippen LogP contribution in [0, 0.1) is 0 Å². The lowest BCUT2D eigenvalue weighted by Gasteiger charge is -2.07. The standard InChI is InChI=1S/C24H40N2O/c1-2-3-4-5-6-7-8-9-10-11-12-13-18-27-22-14-15-24-23(19-22)21(16-17-25)20-26-24/h14-15,19-20,26H,2-13,16-18,25H2,1H3. The van der Waals surface area contributed by atoms with Crippen LogP contribution >= 0.6 is 0 Å². The second kappa shape index (κ2) is 13.7. The van der Waals surface area contributed by atoms with Crippen molar-refractivity contribution < 1.29 is 4.74 Å². The van der Waals surface area contributed by atoms with Crippen molar-refractivity contribution in [2.24, 2.45) is 5.73 Å². The first-order valence-corrected chi connectivity index (χ1v) is 11.3. The summed E-state index contributed by atoms with van der Waals surface area (Å²) in [6, 6.07) is 6.32. The SMILES string of the molecule is CCCCCCCCCCCCCCOc1ccc2[nH]cc(CCN)c2c1. The zero-order chi connectivity index (χ0) is 19.2. The third-order valence-electron chi connectivity index (χ3n) is 5.42. The molecule has 3 N–H and O–H groups in total. The minimum absolute atomic E-state index is 0.677. The lowest BCUT2D eigenvalue weighted by Crippen LogP contribution is -2.02. The molecule has 0 aliphatic carbocycles. The Morgan fingerprint density at radius 2 is 1.48 bits per heavy atom. The molecule has 1 heterocycles. The third kappa shape index (κ3) is 8.38. The quantitative estimate of drug-likeness (QED) is 0.320. The van der Waals surface area contributed by atoms with Gasteiger partial charge in [-0.3, -0.25) is 0 Å². The van der Waals surface area contributed by atoms with E-state index in [0.717, 1.165) is 30.7 Å². The van der Waals surface area contributed by atoms with Gasteiger partial charge in [0.1, 0.15) is 5.75 Å². The van der Waals surface area contributed by atoms with Gasteiger partial charge in [0.2, 0.25) is 0 Å². The summed E-state index contributed by atoms with van der Waals surface area (Å²) in [7, 11) is 0. The Kier molecular flexibility index (Phi) is 11.0. The highest BCUT2D eigenvalue weighted by Crippen LogP contribution is 2.24. The monoisotopic (exact) mass is 372 g/mol. The molecule has 0 saturated heterocycles. The summed E-state index contributed by atoms with van der Waals surface area (Å²) >= 11 is 0. The molecule has 0 atom stereocenters. The number of rotatable bonds is 16. The Bertz CT molecular complexity index is 620. The van der Waals surface area contributed by atoms with Crippen LogP contribution in [0.5, 0.6) is 5.75 Å². The fraction of sp³-hybridized carbons (Fsp3) is 0.667. The summed E-state index contributed by atoms with van der Waals surface area (Å²) in [5, 5.41) is 1.24. The van der Waals surface area contributed by atoms with E-state index < -0.39 is 0 Å². The van der Waals surface area contributed by atoms with Gasteiger partial charge in [0.15, 0.2) is 0 Å². The average Bonchev–Trinajstić information content (AvgIpc) is 3.08. The van der Waals surface area contributed by atoms with Crippen molar-refractivity contribution >= 4 is 10.9 Å². The lowest BCUT2D eigenvalue weighted by atomic mass is 10.1. The molecule has 3 nitrogen and oxygen atoms in total.